The van der Waals surface area contributed by atoms with Crippen molar-refractivity contribution in [2.45, 2.75) is 26.8 Å². The quantitative estimate of drug-likeness (QED) is 0.663. The van der Waals surface area contributed by atoms with Crippen LogP contribution in [0.25, 0.3) is 11.5 Å². The van der Waals surface area contributed by atoms with Gasteiger partial charge in [-0.3, -0.25) is 9.69 Å². The van der Waals surface area contributed by atoms with Gasteiger partial charge in [0, 0.05) is 11.3 Å². The maximum Gasteiger partial charge on any atom is 0.246 e. The molecule has 140 valence electrons. The number of aryl methyl sites for hydroxylation is 1. The molecule has 1 amide bonds. The Morgan fingerprint density at radius 1 is 1.15 bits per heavy atom. The van der Waals surface area contributed by atoms with Crippen molar-refractivity contribution in [2.75, 3.05) is 18.4 Å². The fourth-order valence-electron chi connectivity index (χ4n) is 3.21. The van der Waals surface area contributed by atoms with Crippen molar-refractivity contribution in [3.63, 3.8) is 0 Å². The van der Waals surface area contributed by atoms with Gasteiger partial charge in [0.2, 0.25) is 11.8 Å². The molecule has 27 heavy (non-hydrogen) atoms. The van der Waals surface area contributed by atoms with Crippen molar-refractivity contribution in [1.29, 1.82) is 0 Å². The number of carbonyl (C=O) groups is 1. The largest absolute Gasteiger partial charge is 0.445 e. The number of oxazole rings is 1. The highest BCUT2D eigenvalue weighted by Crippen LogP contribution is 2.27. The lowest BCUT2D eigenvalue weighted by Gasteiger charge is -2.29. The lowest BCUT2D eigenvalue weighted by molar-refractivity contribution is -0.121. The zero-order chi connectivity index (χ0) is 19.2. The van der Waals surface area contributed by atoms with Gasteiger partial charge in [-0.2, -0.15) is 0 Å². The predicted octanol–water partition coefficient (Wildman–Crippen LogP) is 4.67. The van der Waals surface area contributed by atoms with Crippen molar-refractivity contribution in [2.24, 2.45) is 0 Å². The molecule has 3 rings (SSSR count). The van der Waals surface area contributed by atoms with Gasteiger partial charge in [0.05, 0.1) is 6.20 Å². The first-order chi connectivity index (χ1) is 13.1. The van der Waals surface area contributed by atoms with E-state index in [0.717, 1.165) is 35.5 Å². The second-order valence-electron chi connectivity index (χ2n) is 6.39. The van der Waals surface area contributed by atoms with E-state index in [-0.39, 0.29) is 11.9 Å². The summed E-state index contributed by atoms with van der Waals surface area (Å²) in [6.45, 7) is 7.70. The lowest BCUT2D eigenvalue weighted by atomic mass is 10.0. The van der Waals surface area contributed by atoms with E-state index in [1.165, 1.54) is 0 Å². The third kappa shape index (κ3) is 4.26. The van der Waals surface area contributed by atoms with Gasteiger partial charge in [0.15, 0.2) is 0 Å². The van der Waals surface area contributed by atoms with Crippen molar-refractivity contribution in [3.8, 4) is 11.5 Å². The minimum atomic E-state index is -0.342. The first-order valence-electron chi connectivity index (χ1n) is 9.24. The Morgan fingerprint density at radius 2 is 1.89 bits per heavy atom. The number of carbonyl (C=O) groups excluding carboxylic acids is 1. The van der Waals surface area contributed by atoms with Crippen LogP contribution in [0.4, 0.5) is 5.69 Å². The van der Waals surface area contributed by atoms with E-state index >= 15 is 0 Å². The van der Waals surface area contributed by atoms with Gasteiger partial charge in [0.1, 0.15) is 12.3 Å². The lowest BCUT2D eigenvalue weighted by Crippen LogP contribution is -2.37. The Hall–Kier alpha value is -2.92. The third-order valence-electron chi connectivity index (χ3n) is 4.72. The van der Waals surface area contributed by atoms with E-state index in [1.54, 1.807) is 12.5 Å². The molecule has 0 radical (unpaired) electrons. The topological polar surface area (TPSA) is 58.4 Å². The van der Waals surface area contributed by atoms with Gasteiger partial charge in [-0.05, 0) is 43.3 Å². The molecule has 0 fully saturated rings. The van der Waals surface area contributed by atoms with Crippen LogP contribution in [0.5, 0.6) is 0 Å². The van der Waals surface area contributed by atoms with Gasteiger partial charge >= 0.3 is 0 Å². The summed E-state index contributed by atoms with van der Waals surface area (Å²) in [6.07, 6.45) is 3.15. The average molecular weight is 363 g/mol. The highest BCUT2D eigenvalue weighted by atomic mass is 16.3. The number of rotatable bonds is 7. The average Bonchev–Trinajstić information content (AvgIpc) is 3.23. The summed E-state index contributed by atoms with van der Waals surface area (Å²) >= 11 is 0. The van der Waals surface area contributed by atoms with Crippen LogP contribution >= 0.6 is 0 Å². The second-order valence-corrected chi connectivity index (χ2v) is 6.39. The van der Waals surface area contributed by atoms with E-state index in [2.05, 4.69) is 29.0 Å². The number of hydrogen-bond acceptors (Lipinski definition) is 4. The van der Waals surface area contributed by atoms with Crippen molar-refractivity contribution >= 4 is 11.6 Å². The van der Waals surface area contributed by atoms with Crippen LogP contribution < -0.4 is 5.32 Å². The number of benzene rings is 2. The number of anilines is 1. The van der Waals surface area contributed by atoms with E-state index < -0.39 is 0 Å². The molecule has 5 heteroatoms. The molecule has 0 spiro atoms. The van der Waals surface area contributed by atoms with Crippen LogP contribution in [0.1, 0.15) is 31.0 Å². The fraction of sp³-hybridized carbons (Fsp3) is 0.273. The number of aromatic nitrogens is 1. The monoisotopic (exact) mass is 363 g/mol. The molecule has 0 bridgehead atoms. The summed E-state index contributed by atoms with van der Waals surface area (Å²) in [7, 11) is 0. The number of nitrogens with one attached hydrogen (secondary N) is 1. The molecule has 0 aliphatic carbocycles. The molecule has 0 saturated heterocycles. The number of hydrogen-bond donors (Lipinski definition) is 1. The SMILES string of the molecule is CCN(CC)[C@@H](C(=O)Nc1cc(-c2ncco2)ccc1C)c1ccccc1. The predicted molar refractivity (Wildman–Crippen MR) is 107 cm³/mol. The summed E-state index contributed by atoms with van der Waals surface area (Å²) in [5.41, 5.74) is 3.58. The zero-order valence-corrected chi connectivity index (χ0v) is 16.0. The molecule has 0 saturated carbocycles. The molecule has 0 aliphatic rings. The van der Waals surface area contributed by atoms with Crippen molar-refractivity contribution in [1.82, 2.24) is 9.88 Å². The highest BCUT2D eigenvalue weighted by Gasteiger charge is 2.26. The molecule has 1 aromatic heterocycles. The van der Waals surface area contributed by atoms with Crippen LogP contribution in [0.2, 0.25) is 0 Å². The Morgan fingerprint density at radius 3 is 2.52 bits per heavy atom. The number of likely N-dealkylation sites (N-methyl/N-ethyl adjacent to an activating group) is 1. The zero-order valence-electron chi connectivity index (χ0n) is 16.0. The highest BCUT2D eigenvalue weighted by molar-refractivity contribution is 5.96. The normalized spacial score (nSPS) is 12.1. The first-order valence-corrected chi connectivity index (χ1v) is 9.24. The maximum absolute atomic E-state index is 13.2. The molecule has 0 unspecified atom stereocenters. The Balaban J connectivity index is 1.90. The third-order valence-corrected chi connectivity index (χ3v) is 4.72. The molecule has 2 aromatic carbocycles. The van der Waals surface area contributed by atoms with Crippen molar-refractivity contribution in [3.05, 3.63) is 72.1 Å². The number of nitrogens with zero attached hydrogens (tertiary/aromatic N) is 2. The van der Waals surface area contributed by atoms with Gasteiger partial charge in [-0.25, -0.2) is 4.98 Å². The maximum atomic E-state index is 13.2. The first kappa shape index (κ1) is 18.9. The van der Waals surface area contributed by atoms with E-state index in [4.69, 9.17) is 4.42 Å². The summed E-state index contributed by atoms with van der Waals surface area (Å²) in [6, 6.07) is 15.4. The van der Waals surface area contributed by atoms with Gasteiger partial charge in [-0.15, -0.1) is 0 Å². The molecule has 1 atom stereocenters. The number of amides is 1. The standard InChI is InChI=1S/C22H25N3O2/c1-4-25(5-2)20(17-9-7-6-8-10-17)21(26)24-19-15-18(12-11-16(19)3)22-23-13-14-27-22/h6-15,20H,4-5H2,1-3H3,(H,24,26)/t20-/m1/s1. The summed E-state index contributed by atoms with van der Waals surface area (Å²) in [5, 5.41) is 3.11. The minimum absolute atomic E-state index is 0.0439. The van der Waals surface area contributed by atoms with Crippen LogP contribution in [0.3, 0.4) is 0 Å². The molecule has 0 aliphatic heterocycles. The van der Waals surface area contributed by atoms with Crippen LogP contribution in [-0.2, 0) is 4.79 Å². The van der Waals surface area contributed by atoms with E-state index in [9.17, 15) is 4.79 Å². The van der Waals surface area contributed by atoms with Gasteiger partial charge in [0.25, 0.3) is 0 Å². The Bertz CT molecular complexity index is 872. The summed E-state index contributed by atoms with van der Waals surface area (Å²) in [5.74, 6) is 0.492. The molecule has 1 heterocycles. The summed E-state index contributed by atoms with van der Waals surface area (Å²) < 4.78 is 5.38. The van der Waals surface area contributed by atoms with Crippen LogP contribution in [0.15, 0.2) is 65.4 Å². The van der Waals surface area contributed by atoms with Crippen LogP contribution in [0, 0.1) is 6.92 Å². The minimum Gasteiger partial charge on any atom is -0.445 e. The molecule has 5 nitrogen and oxygen atoms in total. The second kappa shape index (κ2) is 8.64. The molecule has 1 N–H and O–H groups in total. The molecular weight excluding hydrogens is 338 g/mol. The molecular formula is C22H25N3O2. The fourth-order valence-corrected chi connectivity index (χ4v) is 3.21. The van der Waals surface area contributed by atoms with Crippen LogP contribution in [-0.4, -0.2) is 28.9 Å². The smallest absolute Gasteiger partial charge is 0.246 e. The molecule has 3 aromatic rings. The Labute approximate surface area is 160 Å². The summed E-state index contributed by atoms with van der Waals surface area (Å²) in [4.78, 5) is 19.6. The van der Waals surface area contributed by atoms with Gasteiger partial charge < -0.3 is 9.73 Å². The van der Waals surface area contributed by atoms with Gasteiger partial charge in [-0.1, -0.05) is 50.2 Å². The van der Waals surface area contributed by atoms with E-state index in [0.29, 0.717) is 5.89 Å². The van der Waals surface area contributed by atoms with Crippen molar-refractivity contribution < 1.29 is 9.21 Å². The van der Waals surface area contributed by atoms with E-state index in [1.807, 2.05) is 55.5 Å². The Kier molecular flexibility index (Phi) is 6.04.